The predicted octanol–water partition coefficient (Wildman–Crippen LogP) is 1.80. The van der Waals surface area contributed by atoms with E-state index < -0.39 is 11.7 Å². The van der Waals surface area contributed by atoms with Gasteiger partial charge in [0, 0.05) is 0 Å². The van der Waals surface area contributed by atoms with Gasteiger partial charge in [0.2, 0.25) is 0 Å². The fraction of sp³-hybridized carbons (Fsp3) is 0.143. The van der Waals surface area contributed by atoms with Gasteiger partial charge < -0.3 is 5.21 Å². The first-order chi connectivity index (χ1) is 6.48. The van der Waals surface area contributed by atoms with Crippen molar-refractivity contribution in [2.45, 2.75) is 6.18 Å². The van der Waals surface area contributed by atoms with E-state index in [9.17, 15) is 18.4 Å². The van der Waals surface area contributed by atoms with Crippen molar-refractivity contribution in [3.8, 4) is 0 Å². The molecule has 0 fully saturated rings. The minimum Gasteiger partial charge on any atom is -0.789 e. The van der Waals surface area contributed by atoms with Crippen LogP contribution in [0.5, 0.6) is 0 Å². The number of alkyl halides is 3. The number of nitrogens with zero attached hydrogens (tertiary/aromatic N) is 3. The van der Waals surface area contributed by atoms with E-state index >= 15 is 0 Å². The molecule has 2 rings (SSSR count). The number of hydrogen-bond acceptors (Lipinski definition) is 3. The van der Waals surface area contributed by atoms with Gasteiger partial charge in [0.15, 0.2) is 0 Å². The topological polar surface area (TPSA) is 53.8 Å². The van der Waals surface area contributed by atoms with Crippen molar-refractivity contribution >= 4 is 11.0 Å². The molecule has 0 spiro atoms. The molecule has 0 saturated carbocycles. The van der Waals surface area contributed by atoms with Crippen LogP contribution in [0.15, 0.2) is 18.2 Å². The molecule has 0 aliphatic rings. The summed E-state index contributed by atoms with van der Waals surface area (Å²) in [4.78, 5) is 0.0601. The fourth-order valence-corrected chi connectivity index (χ4v) is 1.07. The second kappa shape index (κ2) is 2.60. The van der Waals surface area contributed by atoms with Crippen LogP contribution in [-0.2, 0) is 6.18 Å². The van der Waals surface area contributed by atoms with Crippen molar-refractivity contribution in [1.29, 1.82) is 0 Å². The van der Waals surface area contributed by atoms with Gasteiger partial charge in [-0.3, -0.25) is 4.85 Å². The maximum atomic E-state index is 12.2. The molecule has 0 radical (unpaired) electrons. The Morgan fingerprint density at radius 3 is 2.64 bits per heavy atom. The number of rotatable bonds is 0. The number of aromatic nitrogens is 3. The van der Waals surface area contributed by atoms with E-state index in [1.807, 2.05) is 0 Å². The number of fused-ring (bicyclic) bond motifs is 1. The molecule has 0 aliphatic carbocycles. The van der Waals surface area contributed by atoms with Crippen molar-refractivity contribution in [3.05, 3.63) is 29.0 Å². The lowest BCUT2D eigenvalue weighted by Crippen LogP contribution is -2.04. The Bertz CT molecular complexity index is 476. The molecule has 1 aromatic heterocycles. The Morgan fingerprint density at radius 1 is 1.29 bits per heavy atom. The normalized spacial score (nSPS) is 12.2. The maximum Gasteiger partial charge on any atom is 0.416 e. The van der Waals surface area contributed by atoms with Gasteiger partial charge in [-0.1, -0.05) is 5.21 Å². The first kappa shape index (κ1) is 8.79. The predicted molar refractivity (Wildman–Crippen MR) is 41.3 cm³/mol. The Balaban J connectivity index is 2.66. The first-order valence-corrected chi connectivity index (χ1v) is 3.58. The van der Waals surface area contributed by atoms with Crippen molar-refractivity contribution in [2.75, 3.05) is 0 Å². The Morgan fingerprint density at radius 2 is 2.00 bits per heavy atom. The van der Waals surface area contributed by atoms with Crippen LogP contribution in [-0.4, -0.2) is 15.2 Å². The highest BCUT2D eigenvalue weighted by Crippen LogP contribution is 2.30. The second-order valence-electron chi connectivity index (χ2n) is 2.66. The van der Waals surface area contributed by atoms with Crippen LogP contribution in [0.2, 0.25) is 0 Å². The van der Waals surface area contributed by atoms with Crippen molar-refractivity contribution in [2.24, 2.45) is 0 Å². The molecule has 1 heterocycles. The van der Waals surface area contributed by atoms with Gasteiger partial charge in [0.05, 0.1) is 11.1 Å². The highest BCUT2D eigenvalue weighted by Gasteiger charge is 2.30. The van der Waals surface area contributed by atoms with Crippen LogP contribution in [0.4, 0.5) is 13.2 Å². The smallest absolute Gasteiger partial charge is 0.416 e. The van der Waals surface area contributed by atoms with Crippen LogP contribution >= 0.6 is 0 Å². The van der Waals surface area contributed by atoms with Crippen LogP contribution in [0.3, 0.4) is 0 Å². The molecule has 0 unspecified atom stereocenters. The lowest BCUT2D eigenvalue weighted by atomic mass is 10.2. The lowest BCUT2D eigenvalue weighted by Gasteiger charge is -2.07. The monoisotopic (exact) mass is 202 g/mol. The third-order valence-electron chi connectivity index (χ3n) is 1.74. The Kier molecular flexibility index (Phi) is 1.63. The quantitative estimate of drug-likeness (QED) is 0.654. The van der Waals surface area contributed by atoms with Crippen molar-refractivity contribution in [3.63, 3.8) is 0 Å². The molecule has 1 aromatic carbocycles. The van der Waals surface area contributed by atoms with E-state index in [2.05, 4.69) is 10.3 Å². The van der Waals surface area contributed by atoms with E-state index in [0.29, 0.717) is 0 Å². The van der Waals surface area contributed by atoms with E-state index in [4.69, 9.17) is 0 Å². The molecule has 0 amide bonds. The minimum absolute atomic E-state index is 0.0601. The first-order valence-electron chi connectivity index (χ1n) is 3.58. The highest BCUT2D eigenvalue weighted by atomic mass is 19.4. The van der Waals surface area contributed by atoms with Gasteiger partial charge in [-0.15, -0.1) is 5.10 Å². The highest BCUT2D eigenvalue weighted by molar-refractivity contribution is 5.75. The largest absolute Gasteiger partial charge is 0.789 e. The summed E-state index contributed by atoms with van der Waals surface area (Å²) in [6, 6.07) is 2.69. The lowest BCUT2D eigenvalue weighted by molar-refractivity contribution is -0.137. The molecule has 7 heteroatoms. The molecule has 0 N–H and O–H groups in total. The average molecular weight is 202 g/mol. The van der Waals surface area contributed by atoms with Crippen molar-refractivity contribution in [1.82, 2.24) is 15.2 Å². The van der Waals surface area contributed by atoms with Crippen LogP contribution < -0.4 is 0 Å². The van der Waals surface area contributed by atoms with Crippen LogP contribution in [0.25, 0.3) is 11.0 Å². The van der Waals surface area contributed by atoms with Crippen LogP contribution in [0.1, 0.15) is 5.56 Å². The third kappa shape index (κ3) is 1.26. The molecule has 4 nitrogen and oxygen atoms in total. The summed E-state index contributed by atoms with van der Waals surface area (Å²) in [5.41, 5.74) is -0.919. The van der Waals surface area contributed by atoms with Gasteiger partial charge in [0.25, 0.3) is 0 Å². The number of benzene rings is 1. The zero-order chi connectivity index (χ0) is 10.3. The van der Waals surface area contributed by atoms with Gasteiger partial charge in [-0.05, 0) is 18.2 Å². The van der Waals surface area contributed by atoms with Crippen LogP contribution in [0, 0.1) is 5.21 Å². The molecule has 74 valence electrons. The van der Waals surface area contributed by atoms with E-state index in [0.717, 1.165) is 18.2 Å². The molecule has 2 aromatic rings. The molecular formula is C7H3F3N3O-. The van der Waals surface area contributed by atoms with E-state index in [-0.39, 0.29) is 15.9 Å². The zero-order valence-electron chi connectivity index (χ0n) is 6.62. The fourth-order valence-electron chi connectivity index (χ4n) is 1.07. The molecule has 0 saturated heterocycles. The van der Waals surface area contributed by atoms with E-state index in [1.165, 1.54) is 0 Å². The standard InChI is InChI=1S/C7H3F3N3O/c8-7(9,10)4-1-2-5-6(3-4)13(14)12-11-5/h1-3H/q-1. The summed E-state index contributed by atoms with van der Waals surface area (Å²) in [6.45, 7) is 0. The summed E-state index contributed by atoms with van der Waals surface area (Å²) in [6.07, 6.45) is -4.46. The summed E-state index contributed by atoms with van der Waals surface area (Å²) in [5, 5.41) is 17.3. The average Bonchev–Trinajstić information content (AvgIpc) is 2.46. The van der Waals surface area contributed by atoms with Gasteiger partial charge in [0.1, 0.15) is 5.52 Å². The van der Waals surface area contributed by atoms with Gasteiger partial charge in [-0.2, -0.15) is 13.2 Å². The summed E-state index contributed by atoms with van der Waals surface area (Å²) in [7, 11) is 0. The summed E-state index contributed by atoms with van der Waals surface area (Å²) < 4.78 is 36.6. The van der Waals surface area contributed by atoms with Gasteiger partial charge >= 0.3 is 6.18 Å². The summed E-state index contributed by atoms with van der Waals surface area (Å²) >= 11 is 0. The van der Waals surface area contributed by atoms with E-state index in [1.54, 1.807) is 0 Å². The molecule has 0 aliphatic heterocycles. The Labute approximate surface area is 75.5 Å². The number of halogens is 3. The summed E-state index contributed by atoms with van der Waals surface area (Å²) in [5.74, 6) is 0. The van der Waals surface area contributed by atoms with Crippen molar-refractivity contribution < 1.29 is 13.2 Å². The molecular weight excluding hydrogens is 199 g/mol. The maximum absolute atomic E-state index is 12.2. The molecule has 0 atom stereocenters. The molecule has 0 bridgehead atoms. The second-order valence-corrected chi connectivity index (χ2v) is 2.66. The third-order valence-corrected chi connectivity index (χ3v) is 1.74. The zero-order valence-corrected chi connectivity index (χ0v) is 6.62. The molecule has 14 heavy (non-hydrogen) atoms. The number of hydrogen-bond donors (Lipinski definition) is 0. The van der Waals surface area contributed by atoms with Gasteiger partial charge in [-0.25, -0.2) is 0 Å². The SMILES string of the molecule is [O-]n1nnc2ccc(C(F)(F)F)cc21. The Hall–Kier alpha value is -1.79. The minimum atomic E-state index is -4.46.